The van der Waals surface area contributed by atoms with Gasteiger partial charge in [0, 0.05) is 13.1 Å². The highest BCUT2D eigenvalue weighted by Crippen LogP contribution is 2.15. The molecule has 1 unspecified atom stereocenters. The van der Waals surface area contributed by atoms with E-state index < -0.39 is 0 Å². The maximum absolute atomic E-state index is 11.8. The molecule has 1 atom stereocenters. The standard InChI is InChI=1S/C13H16ClNO2/c14-11-6-8-15(10-11)13(16)7-9-17-12-4-2-1-3-5-12/h1-5,11H,6-10H2. The number of halogens is 1. The van der Waals surface area contributed by atoms with Crippen molar-refractivity contribution in [2.45, 2.75) is 18.2 Å². The van der Waals surface area contributed by atoms with Gasteiger partial charge in [0.05, 0.1) is 18.4 Å². The molecule has 4 heteroatoms. The van der Waals surface area contributed by atoms with Crippen LogP contribution in [0.1, 0.15) is 12.8 Å². The van der Waals surface area contributed by atoms with E-state index in [1.54, 1.807) is 0 Å². The maximum atomic E-state index is 11.8. The van der Waals surface area contributed by atoms with Crippen molar-refractivity contribution in [3.63, 3.8) is 0 Å². The van der Waals surface area contributed by atoms with E-state index in [0.29, 0.717) is 19.6 Å². The number of likely N-dealkylation sites (tertiary alicyclic amines) is 1. The molecule has 17 heavy (non-hydrogen) atoms. The third kappa shape index (κ3) is 3.63. The molecule has 1 aliphatic heterocycles. The zero-order chi connectivity index (χ0) is 12.1. The maximum Gasteiger partial charge on any atom is 0.226 e. The molecule has 0 aromatic heterocycles. The highest BCUT2D eigenvalue weighted by atomic mass is 35.5. The minimum absolute atomic E-state index is 0.119. The summed E-state index contributed by atoms with van der Waals surface area (Å²) in [5, 5.41) is 0.119. The number of amides is 1. The van der Waals surface area contributed by atoms with Crippen LogP contribution in [0.15, 0.2) is 30.3 Å². The lowest BCUT2D eigenvalue weighted by Crippen LogP contribution is -2.29. The molecule has 1 heterocycles. The second kappa shape index (κ2) is 5.92. The summed E-state index contributed by atoms with van der Waals surface area (Å²) in [6, 6.07) is 9.53. The Balaban J connectivity index is 1.70. The molecule has 0 N–H and O–H groups in total. The lowest BCUT2D eigenvalue weighted by molar-refractivity contribution is -0.130. The molecule has 0 aliphatic carbocycles. The number of hydrogen-bond donors (Lipinski definition) is 0. The Morgan fingerprint density at radius 2 is 2.18 bits per heavy atom. The number of carbonyl (C=O) groups excluding carboxylic acids is 1. The van der Waals surface area contributed by atoms with Crippen molar-refractivity contribution >= 4 is 17.5 Å². The first-order valence-corrected chi connectivity index (χ1v) is 6.29. The zero-order valence-corrected chi connectivity index (χ0v) is 10.4. The number of para-hydroxylation sites is 1. The molecular weight excluding hydrogens is 238 g/mol. The summed E-state index contributed by atoms with van der Waals surface area (Å²) in [4.78, 5) is 13.6. The fourth-order valence-electron chi connectivity index (χ4n) is 1.88. The van der Waals surface area contributed by atoms with Gasteiger partial charge in [-0.25, -0.2) is 0 Å². The molecule has 0 spiro atoms. The second-order valence-electron chi connectivity index (χ2n) is 4.14. The second-order valence-corrected chi connectivity index (χ2v) is 4.75. The Hall–Kier alpha value is -1.22. The van der Waals surface area contributed by atoms with E-state index in [9.17, 15) is 4.79 Å². The predicted octanol–water partition coefficient (Wildman–Crippen LogP) is 2.30. The van der Waals surface area contributed by atoms with Crippen LogP contribution in [0.25, 0.3) is 0 Å². The normalized spacial score (nSPS) is 19.4. The van der Waals surface area contributed by atoms with Gasteiger partial charge >= 0.3 is 0 Å². The smallest absolute Gasteiger partial charge is 0.226 e. The van der Waals surface area contributed by atoms with E-state index in [-0.39, 0.29) is 11.3 Å². The third-order valence-corrected chi connectivity index (χ3v) is 3.17. The van der Waals surface area contributed by atoms with Crippen molar-refractivity contribution in [2.75, 3.05) is 19.7 Å². The number of hydrogen-bond acceptors (Lipinski definition) is 2. The molecule has 0 radical (unpaired) electrons. The summed E-state index contributed by atoms with van der Waals surface area (Å²) in [6.45, 7) is 1.87. The average Bonchev–Trinajstić information content (AvgIpc) is 2.77. The Labute approximate surface area is 106 Å². The van der Waals surface area contributed by atoms with Crippen LogP contribution < -0.4 is 4.74 Å². The summed E-state index contributed by atoms with van der Waals surface area (Å²) in [6.07, 6.45) is 1.31. The number of carbonyl (C=O) groups is 1. The Morgan fingerprint density at radius 3 is 2.82 bits per heavy atom. The lowest BCUT2D eigenvalue weighted by Gasteiger charge is -2.15. The molecular formula is C13H16ClNO2. The number of rotatable bonds is 4. The Morgan fingerprint density at radius 1 is 1.41 bits per heavy atom. The van der Waals surface area contributed by atoms with Gasteiger partial charge in [-0.15, -0.1) is 11.6 Å². The van der Waals surface area contributed by atoms with E-state index in [1.165, 1.54) is 0 Å². The largest absolute Gasteiger partial charge is 0.493 e. The minimum atomic E-state index is 0.119. The SMILES string of the molecule is O=C(CCOc1ccccc1)N1CCC(Cl)C1. The van der Waals surface area contributed by atoms with Gasteiger partial charge in [0.1, 0.15) is 5.75 Å². The molecule has 2 rings (SSSR count). The predicted molar refractivity (Wildman–Crippen MR) is 67.4 cm³/mol. The highest BCUT2D eigenvalue weighted by molar-refractivity contribution is 6.21. The highest BCUT2D eigenvalue weighted by Gasteiger charge is 2.24. The molecule has 3 nitrogen and oxygen atoms in total. The van der Waals surface area contributed by atoms with E-state index in [4.69, 9.17) is 16.3 Å². The van der Waals surface area contributed by atoms with Crippen LogP contribution in [0.5, 0.6) is 5.75 Å². The van der Waals surface area contributed by atoms with Crippen LogP contribution >= 0.6 is 11.6 Å². The third-order valence-electron chi connectivity index (χ3n) is 2.81. The molecule has 1 fully saturated rings. The van der Waals surface area contributed by atoms with Crippen molar-refractivity contribution in [3.05, 3.63) is 30.3 Å². The van der Waals surface area contributed by atoms with Gasteiger partial charge in [0.2, 0.25) is 5.91 Å². The van der Waals surface area contributed by atoms with Gasteiger partial charge in [0.25, 0.3) is 0 Å². The summed E-state index contributed by atoms with van der Waals surface area (Å²) < 4.78 is 5.48. The molecule has 1 aromatic carbocycles. The Kier molecular flexibility index (Phi) is 4.26. The van der Waals surface area contributed by atoms with Crippen LogP contribution in [-0.4, -0.2) is 35.9 Å². The van der Waals surface area contributed by atoms with E-state index >= 15 is 0 Å². The molecule has 0 bridgehead atoms. The fourth-order valence-corrected chi connectivity index (χ4v) is 2.14. The topological polar surface area (TPSA) is 29.5 Å². The van der Waals surface area contributed by atoms with E-state index in [2.05, 4.69) is 0 Å². The van der Waals surface area contributed by atoms with Crippen LogP contribution in [0.3, 0.4) is 0 Å². The fraction of sp³-hybridized carbons (Fsp3) is 0.462. The van der Waals surface area contributed by atoms with Crippen LogP contribution in [0.2, 0.25) is 0 Å². The van der Waals surface area contributed by atoms with Gasteiger partial charge in [0.15, 0.2) is 0 Å². The number of ether oxygens (including phenoxy) is 1. The number of benzene rings is 1. The van der Waals surface area contributed by atoms with Crippen LogP contribution in [-0.2, 0) is 4.79 Å². The molecule has 92 valence electrons. The monoisotopic (exact) mass is 253 g/mol. The lowest BCUT2D eigenvalue weighted by atomic mass is 10.3. The first-order valence-electron chi connectivity index (χ1n) is 5.85. The first-order chi connectivity index (χ1) is 8.25. The van der Waals surface area contributed by atoms with Gasteiger partial charge in [-0.2, -0.15) is 0 Å². The van der Waals surface area contributed by atoms with Gasteiger partial charge < -0.3 is 9.64 Å². The van der Waals surface area contributed by atoms with Crippen molar-refractivity contribution in [2.24, 2.45) is 0 Å². The van der Waals surface area contributed by atoms with Gasteiger partial charge in [-0.3, -0.25) is 4.79 Å². The van der Waals surface area contributed by atoms with Gasteiger partial charge in [-0.1, -0.05) is 18.2 Å². The number of nitrogens with zero attached hydrogens (tertiary/aromatic N) is 1. The van der Waals surface area contributed by atoms with Crippen molar-refractivity contribution in [1.82, 2.24) is 4.90 Å². The molecule has 1 aliphatic rings. The summed E-state index contributed by atoms with van der Waals surface area (Å²) in [7, 11) is 0. The Bertz CT molecular complexity index is 369. The van der Waals surface area contributed by atoms with E-state index in [0.717, 1.165) is 18.7 Å². The minimum Gasteiger partial charge on any atom is -0.493 e. The van der Waals surface area contributed by atoms with Crippen molar-refractivity contribution in [1.29, 1.82) is 0 Å². The summed E-state index contributed by atoms with van der Waals surface area (Å²) in [5.41, 5.74) is 0. The summed E-state index contributed by atoms with van der Waals surface area (Å²) >= 11 is 5.96. The van der Waals surface area contributed by atoms with Crippen LogP contribution in [0.4, 0.5) is 0 Å². The summed E-state index contributed by atoms with van der Waals surface area (Å²) in [5.74, 6) is 0.932. The first kappa shape index (κ1) is 12.2. The van der Waals surface area contributed by atoms with Gasteiger partial charge in [-0.05, 0) is 18.6 Å². The van der Waals surface area contributed by atoms with Crippen molar-refractivity contribution < 1.29 is 9.53 Å². The molecule has 0 saturated carbocycles. The average molecular weight is 254 g/mol. The molecule has 1 amide bonds. The number of alkyl halides is 1. The van der Waals surface area contributed by atoms with E-state index in [1.807, 2.05) is 35.2 Å². The molecule has 1 saturated heterocycles. The van der Waals surface area contributed by atoms with Crippen LogP contribution in [0, 0.1) is 0 Å². The van der Waals surface area contributed by atoms with Crippen molar-refractivity contribution in [3.8, 4) is 5.75 Å². The zero-order valence-electron chi connectivity index (χ0n) is 9.64. The quantitative estimate of drug-likeness (QED) is 0.771. The molecule has 1 aromatic rings.